The monoisotopic (exact) mass is 458 g/mol. The lowest BCUT2D eigenvalue weighted by atomic mass is 9.70. The largest absolute Gasteiger partial charge is 0.301 e. The second-order valence-electron chi connectivity index (χ2n) is 10.6. The fourth-order valence-corrected chi connectivity index (χ4v) is 5.95. The maximum atomic E-state index is 10.1. The number of likely N-dealkylation sites (tertiary alicyclic amines) is 1. The summed E-state index contributed by atoms with van der Waals surface area (Å²) in [6.07, 6.45) is 4.67. The number of nitriles is 1. The van der Waals surface area contributed by atoms with E-state index in [1.807, 2.05) is 6.07 Å². The van der Waals surface area contributed by atoms with Gasteiger partial charge in [0.25, 0.3) is 0 Å². The minimum atomic E-state index is -0.381. The van der Waals surface area contributed by atoms with Crippen LogP contribution in [0.25, 0.3) is 0 Å². The predicted octanol–water partition coefficient (Wildman–Crippen LogP) is 5.17. The number of benzene rings is 2. The molecule has 2 aromatic rings. The van der Waals surface area contributed by atoms with Crippen LogP contribution < -0.4 is 0 Å². The first kappa shape index (κ1) is 24.9. The molecule has 182 valence electrons. The number of hydrogen-bond donors (Lipinski definition) is 0. The summed E-state index contributed by atoms with van der Waals surface area (Å²) < 4.78 is 0. The van der Waals surface area contributed by atoms with Crippen LogP contribution in [-0.2, 0) is 12.0 Å². The Balaban J connectivity index is 1.22. The number of piperazine rings is 1. The molecule has 0 spiro atoms. The van der Waals surface area contributed by atoms with E-state index >= 15 is 0 Å². The van der Waals surface area contributed by atoms with Gasteiger partial charge in [-0.05, 0) is 55.8 Å². The van der Waals surface area contributed by atoms with Crippen molar-refractivity contribution in [2.45, 2.75) is 57.5 Å². The van der Waals surface area contributed by atoms with E-state index in [1.54, 1.807) is 0 Å². The molecule has 2 aliphatic rings. The van der Waals surface area contributed by atoms with Crippen molar-refractivity contribution in [3.05, 3.63) is 71.8 Å². The van der Waals surface area contributed by atoms with Gasteiger partial charge in [0.05, 0.1) is 11.5 Å². The number of rotatable bonds is 10. The summed E-state index contributed by atoms with van der Waals surface area (Å²) >= 11 is 0. The fourth-order valence-electron chi connectivity index (χ4n) is 5.95. The van der Waals surface area contributed by atoms with E-state index in [4.69, 9.17) is 0 Å². The summed E-state index contributed by atoms with van der Waals surface area (Å²) in [6, 6.07) is 24.8. The van der Waals surface area contributed by atoms with Crippen LogP contribution in [0.3, 0.4) is 0 Å². The molecular formula is C30H42N4. The van der Waals surface area contributed by atoms with Crippen LogP contribution in [0.2, 0.25) is 0 Å². The predicted molar refractivity (Wildman–Crippen MR) is 141 cm³/mol. The average molecular weight is 459 g/mol. The van der Waals surface area contributed by atoms with Gasteiger partial charge in [-0.15, -0.1) is 0 Å². The second kappa shape index (κ2) is 12.0. The molecule has 0 radical (unpaired) electrons. The van der Waals surface area contributed by atoms with Crippen molar-refractivity contribution in [2.24, 2.45) is 5.92 Å². The molecule has 2 atom stereocenters. The molecule has 2 aromatic carbocycles. The van der Waals surface area contributed by atoms with E-state index in [-0.39, 0.29) is 5.41 Å². The van der Waals surface area contributed by atoms with Crippen molar-refractivity contribution < 1.29 is 0 Å². The Morgan fingerprint density at radius 3 is 2.21 bits per heavy atom. The quantitative estimate of drug-likeness (QED) is 0.492. The zero-order valence-corrected chi connectivity index (χ0v) is 21.2. The van der Waals surface area contributed by atoms with Crippen molar-refractivity contribution in [1.29, 1.82) is 5.26 Å². The molecule has 0 aromatic heterocycles. The van der Waals surface area contributed by atoms with Gasteiger partial charge in [0.15, 0.2) is 0 Å². The zero-order valence-electron chi connectivity index (χ0n) is 21.2. The third kappa shape index (κ3) is 6.08. The van der Waals surface area contributed by atoms with E-state index in [2.05, 4.69) is 89.2 Å². The van der Waals surface area contributed by atoms with Gasteiger partial charge in [-0.3, -0.25) is 9.80 Å². The third-order valence-electron chi connectivity index (χ3n) is 8.18. The van der Waals surface area contributed by atoms with Gasteiger partial charge in [-0.25, -0.2) is 0 Å². The molecule has 34 heavy (non-hydrogen) atoms. The fraction of sp³-hybridized carbons (Fsp3) is 0.567. The lowest BCUT2D eigenvalue weighted by molar-refractivity contribution is 0.0992. The van der Waals surface area contributed by atoms with Crippen molar-refractivity contribution in [3.63, 3.8) is 0 Å². The summed E-state index contributed by atoms with van der Waals surface area (Å²) in [5.74, 6) is 0.307. The number of nitrogens with zero attached hydrogens (tertiary/aromatic N) is 4. The maximum absolute atomic E-state index is 10.1. The highest BCUT2D eigenvalue weighted by molar-refractivity contribution is 5.33. The van der Waals surface area contributed by atoms with E-state index in [0.717, 1.165) is 39.0 Å². The van der Waals surface area contributed by atoms with Gasteiger partial charge >= 0.3 is 0 Å². The summed E-state index contributed by atoms with van der Waals surface area (Å²) in [6.45, 7) is 13.7. The minimum absolute atomic E-state index is 0.307. The SMILES string of the molecule is CC(C)C(C#N)(CCCN1CCN(CC2CCCN2Cc2ccccc2)CC1)c1ccccc1. The van der Waals surface area contributed by atoms with Crippen LogP contribution in [0.4, 0.5) is 0 Å². The maximum Gasteiger partial charge on any atom is 0.0845 e. The van der Waals surface area contributed by atoms with Crippen molar-refractivity contribution >= 4 is 0 Å². The van der Waals surface area contributed by atoms with Gasteiger partial charge in [-0.2, -0.15) is 5.26 Å². The van der Waals surface area contributed by atoms with Crippen molar-refractivity contribution in [1.82, 2.24) is 14.7 Å². The smallest absolute Gasteiger partial charge is 0.0845 e. The molecule has 0 saturated carbocycles. The molecule has 2 unspecified atom stereocenters. The second-order valence-corrected chi connectivity index (χ2v) is 10.6. The van der Waals surface area contributed by atoms with Gasteiger partial charge in [0, 0.05) is 45.3 Å². The Bertz CT molecular complexity index is 898. The molecule has 2 heterocycles. The van der Waals surface area contributed by atoms with Crippen LogP contribution in [0.15, 0.2) is 60.7 Å². The Morgan fingerprint density at radius 2 is 1.56 bits per heavy atom. The molecule has 4 rings (SSSR count). The lowest BCUT2D eigenvalue weighted by Gasteiger charge is -2.38. The Hall–Kier alpha value is -2.19. The van der Waals surface area contributed by atoms with Gasteiger partial charge in [0.1, 0.15) is 0 Å². The molecule has 0 N–H and O–H groups in total. The molecule has 0 bridgehead atoms. The number of hydrogen-bond acceptors (Lipinski definition) is 4. The van der Waals surface area contributed by atoms with E-state index in [9.17, 15) is 5.26 Å². The first-order chi connectivity index (χ1) is 16.6. The Morgan fingerprint density at radius 1 is 0.912 bits per heavy atom. The minimum Gasteiger partial charge on any atom is -0.301 e. The Labute approximate surface area is 207 Å². The standard InChI is InChI=1S/C30H42N4/c1-26(2)30(25-31,28-13-7-4-8-14-28)16-10-17-32-19-21-33(22-20-32)24-29-15-9-18-34(29)23-27-11-5-3-6-12-27/h3-8,11-14,26,29H,9-10,15-24H2,1-2H3. The Kier molecular flexibility index (Phi) is 8.78. The van der Waals surface area contributed by atoms with Gasteiger partial charge in [-0.1, -0.05) is 74.5 Å². The highest BCUT2D eigenvalue weighted by Gasteiger charge is 2.35. The summed E-state index contributed by atoms with van der Waals surface area (Å²) in [4.78, 5) is 7.99. The molecule has 2 fully saturated rings. The summed E-state index contributed by atoms with van der Waals surface area (Å²) in [7, 11) is 0. The summed E-state index contributed by atoms with van der Waals surface area (Å²) in [5.41, 5.74) is 2.23. The third-order valence-corrected chi connectivity index (χ3v) is 8.18. The molecule has 2 aliphatic heterocycles. The van der Waals surface area contributed by atoms with Crippen LogP contribution in [0.5, 0.6) is 0 Å². The molecule has 0 amide bonds. The molecular weight excluding hydrogens is 416 g/mol. The van der Waals surface area contributed by atoms with Gasteiger partial charge < -0.3 is 4.90 Å². The van der Waals surface area contributed by atoms with E-state index in [1.165, 1.54) is 50.1 Å². The van der Waals surface area contributed by atoms with Gasteiger partial charge in [0.2, 0.25) is 0 Å². The van der Waals surface area contributed by atoms with Crippen molar-refractivity contribution in [2.75, 3.05) is 45.8 Å². The summed E-state index contributed by atoms with van der Waals surface area (Å²) in [5, 5.41) is 10.1. The average Bonchev–Trinajstić information content (AvgIpc) is 3.30. The molecule has 4 heteroatoms. The normalized spacial score (nSPS) is 22.0. The van der Waals surface area contributed by atoms with Crippen LogP contribution in [0.1, 0.15) is 50.7 Å². The van der Waals surface area contributed by atoms with Crippen LogP contribution >= 0.6 is 0 Å². The lowest BCUT2D eigenvalue weighted by Crippen LogP contribution is -2.50. The topological polar surface area (TPSA) is 33.5 Å². The van der Waals surface area contributed by atoms with Crippen molar-refractivity contribution in [3.8, 4) is 6.07 Å². The molecule has 0 aliphatic carbocycles. The first-order valence-corrected chi connectivity index (χ1v) is 13.3. The molecule has 4 nitrogen and oxygen atoms in total. The highest BCUT2D eigenvalue weighted by atomic mass is 15.3. The van der Waals surface area contributed by atoms with Crippen LogP contribution in [-0.4, -0.2) is 66.6 Å². The first-order valence-electron chi connectivity index (χ1n) is 13.3. The highest BCUT2D eigenvalue weighted by Crippen LogP contribution is 2.36. The zero-order chi connectivity index (χ0) is 23.8. The van der Waals surface area contributed by atoms with E-state index < -0.39 is 0 Å². The van der Waals surface area contributed by atoms with Crippen LogP contribution in [0, 0.1) is 17.2 Å². The molecule has 2 saturated heterocycles. The van der Waals surface area contributed by atoms with E-state index in [0.29, 0.717) is 12.0 Å².